The molecule has 32 heavy (non-hydrogen) atoms. The smallest absolute Gasteiger partial charge is 0.136 e. The quantitative estimate of drug-likeness (QED) is 0.272. The number of benzene rings is 5. The first-order valence-corrected chi connectivity index (χ1v) is 11.0. The van der Waals surface area contributed by atoms with E-state index in [1.807, 2.05) is 36.4 Å². The van der Waals surface area contributed by atoms with Crippen LogP contribution in [-0.4, -0.2) is 0 Å². The summed E-state index contributed by atoms with van der Waals surface area (Å²) in [7, 11) is 0. The van der Waals surface area contributed by atoms with E-state index in [0.717, 1.165) is 33.1 Å². The van der Waals surface area contributed by atoms with Gasteiger partial charge in [-0.2, -0.15) is 0 Å². The largest absolute Gasteiger partial charge is 0.456 e. The van der Waals surface area contributed by atoms with Gasteiger partial charge in [-0.05, 0) is 57.6 Å². The lowest BCUT2D eigenvalue weighted by Gasteiger charge is -2.09. The molecule has 2 heteroatoms. The zero-order valence-corrected chi connectivity index (χ0v) is 18.0. The van der Waals surface area contributed by atoms with E-state index in [4.69, 9.17) is 16.0 Å². The van der Waals surface area contributed by atoms with Crippen LogP contribution in [0.2, 0.25) is 5.02 Å². The Balaban J connectivity index is 1.44. The SMILES string of the molecule is Clc1ccc2c(c1)oc1cccc(-c3cccc(-c4ccc(-c5ccccc5)cc4)c3)c12. The van der Waals surface area contributed by atoms with E-state index in [-0.39, 0.29) is 0 Å². The van der Waals surface area contributed by atoms with Crippen molar-refractivity contribution in [2.24, 2.45) is 0 Å². The molecule has 0 fully saturated rings. The molecule has 0 spiro atoms. The molecule has 0 aliphatic heterocycles. The summed E-state index contributed by atoms with van der Waals surface area (Å²) in [6.07, 6.45) is 0. The van der Waals surface area contributed by atoms with Gasteiger partial charge in [0, 0.05) is 21.9 Å². The monoisotopic (exact) mass is 430 g/mol. The van der Waals surface area contributed by atoms with Gasteiger partial charge in [0.15, 0.2) is 0 Å². The third-order valence-corrected chi connectivity index (χ3v) is 6.19. The molecule has 6 aromatic rings. The highest BCUT2D eigenvalue weighted by Crippen LogP contribution is 2.38. The maximum absolute atomic E-state index is 6.18. The molecule has 5 aromatic carbocycles. The second-order valence-electron chi connectivity index (χ2n) is 7.95. The van der Waals surface area contributed by atoms with Gasteiger partial charge < -0.3 is 4.42 Å². The summed E-state index contributed by atoms with van der Waals surface area (Å²) >= 11 is 6.18. The summed E-state index contributed by atoms with van der Waals surface area (Å²) in [6, 6.07) is 40.0. The van der Waals surface area contributed by atoms with E-state index in [9.17, 15) is 0 Å². The van der Waals surface area contributed by atoms with Crippen LogP contribution in [0, 0.1) is 0 Å². The lowest BCUT2D eigenvalue weighted by Crippen LogP contribution is -1.83. The topological polar surface area (TPSA) is 13.1 Å². The Morgan fingerprint density at radius 2 is 1.12 bits per heavy atom. The van der Waals surface area contributed by atoms with Gasteiger partial charge in [0.05, 0.1) is 0 Å². The summed E-state index contributed by atoms with van der Waals surface area (Å²) in [5.74, 6) is 0. The molecule has 0 aliphatic carbocycles. The number of fused-ring (bicyclic) bond motifs is 3. The van der Waals surface area contributed by atoms with Gasteiger partial charge in [0.25, 0.3) is 0 Å². The fraction of sp³-hybridized carbons (Fsp3) is 0. The van der Waals surface area contributed by atoms with Crippen molar-refractivity contribution in [1.29, 1.82) is 0 Å². The zero-order valence-electron chi connectivity index (χ0n) is 17.3. The lowest BCUT2D eigenvalue weighted by molar-refractivity contribution is 0.669. The van der Waals surface area contributed by atoms with Crippen LogP contribution in [0.25, 0.3) is 55.3 Å². The van der Waals surface area contributed by atoms with Crippen LogP contribution in [0.3, 0.4) is 0 Å². The molecule has 1 heterocycles. The van der Waals surface area contributed by atoms with E-state index in [1.54, 1.807) is 0 Å². The molecule has 0 saturated carbocycles. The van der Waals surface area contributed by atoms with Crippen molar-refractivity contribution in [3.8, 4) is 33.4 Å². The summed E-state index contributed by atoms with van der Waals surface area (Å²) in [5.41, 5.74) is 8.84. The number of furan rings is 1. The number of hydrogen-bond donors (Lipinski definition) is 0. The molecule has 152 valence electrons. The maximum atomic E-state index is 6.18. The summed E-state index contributed by atoms with van der Waals surface area (Å²) < 4.78 is 6.08. The first kappa shape index (κ1) is 18.9. The first-order valence-electron chi connectivity index (χ1n) is 10.6. The van der Waals surface area contributed by atoms with E-state index >= 15 is 0 Å². The highest BCUT2D eigenvalue weighted by molar-refractivity contribution is 6.31. The third-order valence-electron chi connectivity index (χ3n) is 5.96. The Labute approximate surface area is 191 Å². The lowest BCUT2D eigenvalue weighted by atomic mass is 9.95. The van der Waals surface area contributed by atoms with Crippen molar-refractivity contribution in [3.05, 3.63) is 120 Å². The van der Waals surface area contributed by atoms with Crippen molar-refractivity contribution < 1.29 is 4.42 Å². The fourth-order valence-electron chi connectivity index (χ4n) is 4.39. The highest BCUT2D eigenvalue weighted by Gasteiger charge is 2.13. The third kappa shape index (κ3) is 3.28. The summed E-state index contributed by atoms with van der Waals surface area (Å²) in [5, 5.41) is 2.88. The zero-order chi connectivity index (χ0) is 21.5. The Bertz CT molecular complexity index is 1560. The Kier molecular flexibility index (Phi) is 4.56. The van der Waals surface area contributed by atoms with Gasteiger partial charge in [-0.3, -0.25) is 0 Å². The van der Waals surface area contributed by atoms with Crippen molar-refractivity contribution in [1.82, 2.24) is 0 Å². The fourth-order valence-corrected chi connectivity index (χ4v) is 4.55. The Morgan fingerprint density at radius 1 is 0.469 bits per heavy atom. The molecular formula is C30H19ClO. The van der Waals surface area contributed by atoms with Gasteiger partial charge in [0.2, 0.25) is 0 Å². The van der Waals surface area contributed by atoms with E-state index in [2.05, 4.69) is 78.9 Å². The molecule has 0 bridgehead atoms. The minimum atomic E-state index is 0.680. The molecule has 0 amide bonds. The molecule has 0 radical (unpaired) electrons. The van der Waals surface area contributed by atoms with E-state index in [1.165, 1.54) is 22.3 Å². The molecule has 0 atom stereocenters. The molecular weight excluding hydrogens is 412 g/mol. The van der Waals surface area contributed by atoms with Gasteiger partial charge >= 0.3 is 0 Å². The van der Waals surface area contributed by atoms with Crippen LogP contribution in [0.4, 0.5) is 0 Å². The average molecular weight is 431 g/mol. The average Bonchev–Trinajstić information content (AvgIpc) is 3.22. The summed E-state index contributed by atoms with van der Waals surface area (Å²) in [6.45, 7) is 0. The van der Waals surface area contributed by atoms with Gasteiger partial charge in [-0.25, -0.2) is 0 Å². The van der Waals surface area contributed by atoms with Gasteiger partial charge in [-0.15, -0.1) is 0 Å². The predicted molar refractivity (Wildman–Crippen MR) is 135 cm³/mol. The molecule has 0 aliphatic rings. The van der Waals surface area contributed by atoms with Crippen molar-refractivity contribution in [3.63, 3.8) is 0 Å². The molecule has 6 rings (SSSR count). The second-order valence-corrected chi connectivity index (χ2v) is 8.38. The van der Waals surface area contributed by atoms with Crippen LogP contribution < -0.4 is 0 Å². The van der Waals surface area contributed by atoms with Gasteiger partial charge in [0.1, 0.15) is 11.2 Å². The standard InChI is InChI=1S/C30H19ClO/c31-25-16-17-27-29(19-25)32-28-11-5-10-26(30(27)28)24-9-4-8-23(18-24)22-14-12-21(13-15-22)20-6-2-1-3-7-20/h1-19H. The maximum Gasteiger partial charge on any atom is 0.136 e. The van der Waals surface area contributed by atoms with Crippen molar-refractivity contribution in [2.45, 2.75) is 0 Å². The normalized spacial score (nSPS) is 11.3. The molecule has 1 aromatic heterocycles. The van der Waals surface area contributed by atoms with Crippen LogP contribution in [0.1, 0.15) is 0 Å². The predicted octanol–water partition coefficient (Wildman–Crippen LogP) is 9.24. The van der Waals surface area contributed by atoms with Crippen molar-refractivity contribution >= 4 is 33.5 Å². The molecule has 0 N–H and O–H groups in total. The second kappa shape index (κ2) is 7.71. The van der Waals surface area contributed by atoms with E-state index in [0.29, 0.717) is 5.02 Å². The Morgan fingerprint density at radius 3 is 1.94 bits per heavy atom. The van der Waals surface area contributed by atoms with Crippen molar-refractivity contribution in [2.75, 3.05) is 0 Å². The minimum absolute atomic E-state index is 0.680. The van der Waals surface area contributed by atoms with Crippen LogP contribution in [0.5, 0.6) is 0 Å². The molecule has 0 saturated heterocycles. The highest BCUT2D eigenvalue weighted by atomic mass is 35.5. The number of halogens is 1. The van der Waals surface area contributed by atoms with Gasteiger partial charge in [-0.1, -0.05) is 96.5 Å². The van der Waals surface area contributed by atoms with Crippen LogP contribution >= 0.6 is 11.6 Å². The Hall–Kier alpha value is -3.81. The molecule has 0 unspecified atom stereocenters. The van der Waals surface area contributed by atoms with Crippen LogP contribution in [-0.2, 0) is 0 Å². The minimum Gasteiger partial charge on any atom is -0.456 e. The first-order chi connectivity index (χ1) is 15.8. The molecule has 1 nitrogen and oxygen atoms in total. The van der Waals surface area contributed by atoms with Crippen LogP contribution in [0.15, 0.2) is 120 Å². The number of rotatable bonds is 3. The number of hydrogen-bond acceptors (Lipinski definition) is 1. The summed E-state index contributed by atoms with van der Waals surface area (Å²) in [4.78, 5) is 0. The van der Waals surface area contributed by atoms with E-state index < -0.39 is 0 Å².